The fraction of sp³-hybridized carbons (Fsp3) is 0.480. The molecule has 0 bridgehead atoms. The standard InChI is InChI=1S/C25H35NO4/c1-6-29-25(28)30-24-13-12-20(17-27)16-23(24)22(21-10-8-7-9-11-21)14-15-26(18(2)3)19(4)5/h7-13,16,18-19,22,27H,6,14-15,17H2,1-5H3. The van der Waals surface area contributed by atoms with Gasteiger partial charge in [-0.1, -0.05) is 36.4 Å². The number of carbonyl (C=O) groups excluding carboxylic acids is 1. The van der Waals surface area contributed by atoms with Gasteiger partial charge in [-0.05, 0) is 70.8 Å². The topological polar surface area (TPSA) is 59.0 Å². The number of hydrogen-bond acceptors (Lipinski definition) is 5. The second kappa shape index (κ2) is 11.7. The molecule has 0 saturated carbocycles. The molecule has 0 radical (unpaired) electrons. The van der Waals surface area contributed by atoms with Crippen LogP contribution in [0, 0.1) is 0 Å². The molecule has 2 rings (SSSR count). The highest BCUT2D eigenvalue weighted by molar-refractivity contribution is 5.65. The number of aliphatic hydroxyl groups is 1. The van der Waals surface area contributed by atoms with Crippen LogP contribution in [-0.2, 0) is 11.3 Å². The Morgan fingerprint density at radius 2 is 1.70 bits per heavy atom. The van der Waals surface area contributed by atoms with E-state index in [9.17, 15) is 9.90 Å². The molecule has 0 saturated heterocycles. The number of ether oxygens (including phenoxy) is 2. The molecule has 2 aromatic rings. The molecule has 0 amide bonds. The van der Waals surface area contributed by atoms with Crippen LogP contribution in [0.4, 0.5) is 4.79 Å². The molecular formula is C25H35NO4. The van der Waals surface area contributed by atoms with Crippen LogP contribution in [0.2, 0.25) is 0 Å². The molecule has 0 spiro atoms. The maximum Gasteiger partial charge on any atom is 0.513 e. The lowest BCUT2D eigenvalue weighted by molar-refractivity contribution is 0.104. The summed E-state index contributed by atoms with van der Waals surface area (Å²) >= 11 is 0. The number of aliphatic hydroxyl groups excluding tert-OH is 1. The molecule has 1 atom stereocenters. The minimum Gasteiger partial charge on any atom is -0.434 e. The van der Waals surface area contributed by atoms with Crippen molar-refractivity contribution in [3.63, 3.8) is 0 Å². The summed E-state index contributed by atoms with van der Waals surface area (Å²) in [5, 5.41) is 9.69. The third-order valence-corrected chi connectivity index (χ3v) is 5.29. The predicted octanol–water partition coefficient (Wildman–Crippen LogP) is 5.36. The van der Waals surface area contributed by atoms with Gasteiger partial charge >= 0.3 is 6.16 Å². The quantitative estimate of drug-likeness (QED) is 0.420. The Kier molecular flexibility index (Phi) is 9.34. The first-order valence-corrected chi connectivity index (χ1v) is 10.8. The minimum absolute atomic E-state index is 0.0159. The zero-order valence-corrected chi connectivity index (χ0v) is 18.8. The second-order valence-electron chi connectivity index (χ2n) is 7.99. The van der Waals surface area contributed by atoms with Crippen LogP contribution in [0.3, 0.4) is 0 Å². The molecule has 0 aliphatic carbocycles. The van der Waals surface area contributed by atoms with E-state index in [1.54, 1.807) is 19.1 Å². The molecule has 1 N–H and O–H groups in total. The van der Waals surface area contributed by atoms with Gasteiger partial charge in [-0.25, -0.2) is 4.79 Å². The first-order valence-electron chi connectivity index (χ1n) is 10.8. The van der Waals surface area contributed by atoms with E-state index in [2.05, 4.69) is 44.7 Å². The van der Waals surface area contributed by atoms with Crippen molar-refractivity contribution in [2.45, 2.75) is 65.6 Å². The molecular weight excluding hydrogens is 378 g/mol. The molecule has 164 valence electrons. The van der Waals surface area contributed by atoms with Crippen LogP contribution in [0.5, 0.6) is 5.75 Å². The van der Waals surface area contributed by atoms with Gasteiger partial charge in [0.05, 0.1) is 13.2 Å². The Hall–Kier alpha value is -2.37. The first-order chi connectivity index (χ1) is 14.4. The number of carbonyl (C=O) groups is 1. The maximum absolute atomic E-state index is 12.0. The minimum atomic E-state index is -0.715. The van der Waals surface area contributed by atoms with Crippen molar-refractivity contribution >= 4 is 6.16 Å². The average Bonchev–Trinajstić information content (AvgIpc) is 2.72. The lowest BCUT2D eigenvalue weighted by atomic mass is 9.86. The third-order valence-electron chi connectivity index (χ3n) is 5.29. The molecule has 0 aliphatic rings. The van der Waals surface area contributed by atoms with Crippen molar-refractivity contribution in [2.24, 2.45) is 0 Å². The van der Waals surface area contributed by atoms with Gasteiger partial charge in [-0.2, -0.15) is 0 Å². The molecule has 0 aromatic heterocycles. The van der Waals surface area contributed by atoms with Crippen molar-refractivity contribution < 1.29 is 19.4 Å². The van der Waals surface area contributed by atoms with Gasteiger partial charge in [-0.15, -0.1) is 0 Å². The molecule has 0 heterocycles. The van der Waals surface area contributed by atoms with E-state index in [0.717, 1.165) is 29.7 Å². The summed E-state index contributed by atoms with van der Waals surface area (Å²) < 4.78 is 10.5. The lowest BCUT2D eigenvalue weighted by Crippen LogP contribution is -2.38. The summed E-state index contributed by atoms with van der Waals surface area (Å²) in [6, 6.07) is 16.5. The van der Waals surface area contributed by atoms with Crippen LogP contribution < -0.4 is 4.74 Å². The fourth-order valence-electron chi connectivity index (χ4n) is 3.88. The normalized spacial score (nSPS) is 12.4. The molecule has 0 aliphatic heterocycles. The predicted molar refractivity (Wildman–Crippen MR) is 120 cm³/mol. The first kappa shape index (κ1) is 23.9. The van der Waals surface area contributed by atoms with E-state index in [1.807, 2.05) is 24.3 Å². The maximum atomic E-state index is 12.0. The van der Waals surface area contributed by atoms with Gasteiger partial charge in [0.25, 0.3) is 0 Å². The highest BCUT2D eigenvalue weighted by atomic mass is 16.7. The van der Waals surface area contributed by atoms with Crippen LogP contribution in [0.15, 0.2) is 48.5 Å². The van der Waals surface area contributed by atoms with E-state index < -0.39 is 6.16 Å². The van der Waals surface area contributed by atoms with Crippen molar-refractivity contribution in [1.82, 2.24) is 4.90 Å². The molecule has 0 fully saturated rings. The fourth-order valence-corrected chi connectivity index (χ4v) is 3.88. The van der Waals surface area contributed by atoms with Gasteiger partial charge < -0.3 is 14.6 Å². The Labute approximate surface area is 180 Å². The summed E-state index contributed by atoms with van der Waals surface area (Å²) in [5.41, 5.74) is 2.81. The van der Waals surface area contributed by atoms with Crippen LogP contribution in [-0.4, -0.2) is 41.4 Å². The van der Waals surface area contributed by atoms with Crippen LogP contribution in [0.25, 0.3) is 0 Å². The summed E-state index contributed by atoms with van der Waals surface area (Å²) in [4.78, 5) is 14.5. The second-order valence-corrected chi connectivity index (χ2v) is 7.99. The number of rotatable bonds is 10. The van der Waals surface area contributed by atoms with Crippen molar-refractivity contribution in [3.8, 4) is 5.75 Å². The van der Waals surface area contributed by atoms with Crippen molar-refractivity contribution in [2.75, 3.05) is 13.2 Å². The molecule has 5 nitrogen and oxygen atoms in total. The van der Waals surface area contributed by atoms with E-state index in [0.29, 0.717) is 17.8 Å². The van der Waals surface area contributed by atoms with E-state index in [-0.39, 0.29) is 19.1 Å². The molecule has 30 heavy (non-hydrogen) atoms. The molecule has 2 aromatic carbocycles. The summed E-state index contributed by atoms with van der Waals surface area (Å²) in [6.45, 7) is 11.7. The van der Waals surface area contributed by atoms with Gasteiger partial charge in [0, 0.05) is 23.6 Å². The Bertz CT molecular complexity index is 781. The highest BCUT2D eigenvalue weighted by Crippen LogP contribution is 2.36. The Morgan fingerprint density at radius 3 is 2.27 bits per heavy atom. The molecule has 5 heteroatoms. The summed E-state index contributed by atoms with van der Waals surface area (Å²) in [7, 11) is 0. The zero-order valence-electron chi connectivity index (χ0n) is 18.8. The number of nitrogens with zero attached hydrogens (tertiary/aromatic N) is 1. The smallest absolute Gasteiger partial charge is 0.434 e. The van der Waals surface area contributed by atoms with Gasteiger partial charge in [-0.3, -0.25) is 4.90 Å². The van der Waals surface area contributed by atoms with Gasteiger partial charge in [0.1, 0.15) is 5.75 Å². The third kappa shape index (κ3) is 6.57. The van der Waals surface area contributed by atoms with E-state index in [4.69, 9.17) is 9.47 Å². The van der Waals surface area contributed by atoms with Crippen molar-refractivity contribution in [3.05, 3.63) is 65.2 Å². The summed E-state index contributed by atoms with van der Waals surface area (Å²) in [6.07, 6.45) is 0.141. The largest absolute Gasteiger partial charge is 0.513 e. The number of benzene rings is 2. The molecule has 1 unspecified atom stereocenters. The Balaban J connectivity index is 2.45. The summed E-state index contributed by atoms with van der Waals surface area (Å²) in [5.74, 6) is 0.488. The van der Waals surface area contributed by atoms with E-state index in [1.165, 1.54) is 0 Å². The average molecular weight is 414 g/mol. The van der Waals surface area contributed by atoms with Crippen LogP contribution in [0.1, 0.15) is 63.6 Å². The zero-order chi connectivity index (χ0) is 22.1. The number of hydrogen-bond donors (Lipinski definition) is 1. The van der Waals surface area contributed by atoms with Gasteiger partial charge in [0.15, 0.2) is 0 Å². The lowest BCUT2D eigenvalue weighted by Gasteiger charge is -2.32. The monoisotopic (exact) mass is 413 g/mol. The highest BCUT2D eigenvalue weighted by Gasteiger charge is 2.23. The van der Waals surface area contributed by atoms with Gasteiger partial charge in [0.2, 0.25) is 0 Å². The van der Waals surface area contributed by atoms with E-state index >= 15 is 0 Å². The van der Waals surface area contributed by atoms with Crippen molar-refractivity contribution in [1.29, 1.82) is 0 Å². The van der Waals surface area contributed by atoms with Crippen LogP contribution >= 0.6 is 0 Å². The SMILES string of the molecule is CCOC(=O)Oc1ccc(CO)cc1C(CCN(C(C)C)C(C)C)c1ccccc1. The Morgan fingerprint density at radius 1 is 1.03 bits per heavy atom.